The smallest absolute Gasteiger partial charge is 0.407 e. The van der Waals surface area contributed by atoms with Crippen LogP contribution in [0.4, 0.5) is 9.18 Å². The van der Waals surface area contributed by atoms with Crippen LogP contribution < -0.4 is 14.8 Å². The molecule has 0 saturated carbocycles. The van der Waals surface area contributed by atoms with Gasteiger partial charge < -0.3 is 19.5 Å². The second-order valence-electron chi connectivity index (χ2n) is 10.4. The van der Waals surface area contributed by atoms with Crippen molar-refractivity contribution in [2.45, 2.75) is 38.7 Å². The maximum absolute atomic E-state index is 14.2. The highest BCUT2D eigenvalue weighted by Gasteiger charge is 2.20. The van der Waals surface area contributed by atoms with Crippen LogP contribution in [0.3, 0.4) is 0 Å². The van der Waals surface area contributed by atoms with E-state index in [2.05, 4.69) is 26.3 Å². The quantitative estimate of drug-likeness (QED) is 0.250. The predicted octanol–water partition coefficient (Wildman–Crippen LogP) is 5.35. The molecule has 1 aliphatic rings. The summed E-state index contributed by atoms with van der Waals surface area (Å²) in [6, 6.07) is 12.4. The highest BCUT2D eigenvalue weighted by Crippen LogP contribution is 2.39. The Morgan fingerprint density at radius 3 is 2.73 bits per heavy atom. The standard InChI is InChI=1S/C29H31FN4O5S2/c1-29(2,3)39-28(35)31-9-10-37-11-12-38-24-15-21(30)6-7-22(24)26-27-23(8-13-40-27)25(33-34-26)18-4-5-19-17-41(36)32-16-20(19)14-18/h4-8,13-15,32H,9-12,16-17H2,1-3H3,(H,31,35). The van der Waals surface area contributed by atoms with Crippen molar-refractivity contribution >= 4 is 38.5 Å². The van der Waals surface area contributed by atoms with Crippen molar-refractivity contribution in [2.75, 3.05) is 26.4 Å². The van der Waals surface area contributed by atoms with E-state index in [0.717, 1.165) is 32.5 Å². The van der Waals surface area contributed by atoms with Gasteiger partial charge in [0.1, 0.15) is 35.2 Å². The van der Waals surface area contributed by atoms with Crippen LogP contribution in [0, 0.1) is 5.82 Å². The minimum Gasteiger partial charge on any atom is -0.490 e. The zero-order valence-electron chi connectivity index (χ0n) is 23.0. The lowest BCUT2D eigenvalue weighted by Gasteiger charge is -2.19. The van der Waals surface area contributed by atoms with Crippen LogP contribution >= 0.6 is 11.3 Å². The van der Waals surface area contributed by atoms with Crippen molar-refractivity contribution in [3.8, 4) is 28.3 Å². The minimum atomic E-state index is -1.05. The molecule has 4 aromatic rings. The number of hydrogen-bond acceptors (Lipinski definition) is 8. The van der Waals surface area contributed by atoms with Crippen molar-refractivity contribution in [1.29, 1.82) is 0 Å². The molecule has 41 heavy (non-hydrogen) atoms. The Morgan fingerprint density at radius 2 is 1.90 bits per heavy atom. The third-order valence-electron chi connectivity index (χ3n) is 6.17. The molecule has 3 heterocycles. The van der Waals surface area contributed by atoms with Crippen molar-refractivity contribution < 1.29 is 27.6 Å². The molecule has 1 atom stereocenters. The third kappa shape index (κ3) is 7.25. The number of alkyl carbamates (subject to hydrolysis) is 1. The van der Waals surface area contributed by atoms with E-state index in [4.69, 9.17) is 14.2 Å². The van der Waals surface area contributed by atoms with Gasteiger partial charge in [-0.1, -0.05) is 12.1 Å². The molecule has 0 bridgehead atoms. The summed E-state index contributed by atoms with van der Waals surface area (Å²) < 4.78 is 46.6. The van der Waals surface area contributed by atoms with Crippen molar-refractivity contribution in [3.63, 3.8) is 0 Å². The highest BCUT2D eigenvalue weighted by molar-refractivity contribution is 7.82. The van der Waals surface area contributed by atoms with Crippen LogP contribution in [0.15, 0.2) is 47.8 Å². The molecule has 2 aromatic heterocycles. The van der Waals surface area contributed by atoms with Crippen LogP contribution in [-0.4, -0.2) is 52.5 Å². The first-order valence-corrected chi connectivity index (χ1v) is 15.3. The van der Waals surface area contributed by atoms with Crippen molar-refractivity contribution in [3.05, 3.63) is 64.8 Å². The molecule has 1 aliphatic heterocycles. The summed E-state index contributed by atoms with van der Waals surface area (Å²) in [5.41, 5.74) is 4.49. The lowest BCUT2D eigenvalue weighted by atomic mass is 10.0. The Balaban J connectivity index is 1.27. The molecule has 9 nitrogen and oxygen atoms in total. The average Bonchev–Trinajstić information content (AvgIpc) is 3.41. The molecule has 0 fully saturated rings. The number of halogens is 1. The number of aromatic nitrogens is 2. The molecule has 0 aliphatic carbocycles. The van der Waals surface area contributed by atoms with Crippen LogP contribution in [0.25, 0.3) is 32.6 Å². The summed E-state index contributed by atoms with van der Waals surface area (Å²) in [5.74, 6) is 0.391. The Hall–Kier alpha value is -3.45. The molecule has 0 spiro atoms. The number of nitrogens with one attached hydrogen (secondary N) is 2. The molecule has 0 saturated heterocycles. The molecule has 2 aromatic carbocycles. The van der Waals surface area contributed by atoms with Crippen LogP contribution in [-0.2, 0) is 32.8 Å². The SMILES string of the molecule is CC(C)(C)OC(=O)NCCOCCOc1cc(F)ccc1-c1nnc(-c2ccc3c(c2)CNS(=O)C3)c2ccsc12. The second kappa shape index (κ2) is 12.6. The summed E-state index contributed by atoms with van der Waals surface area (Å²) in [5, 5.41) is 14.7. The van der Waals surface area contributed by atoms with Crippen molar-refractivity contribution in [1.82, 2.24) is 20.2 Å². The number of thiophene rings is 1. The topological polar surface area (TPSA) is 112 Å². The fourth-order valence-electron chi connectivity index (χ4n) is 4.36. The van der Waals surface area contributed by atoms with E-state index in [0.29, 0.717) is 35.8 Å². The number of hydrogen-bond donors (Lipinski definition) is 2. The van der Waals surface area contributed by atoms with E-state index in [1.54, 1.807) is 26.8 Å². The monoisotopic (exact) mass is 598 g/mol. The molecule has 2 N–H and O–H groups in total. The molecule has 0 radical (unpaired) electrons. The van der Waals surface area contributed by atoms with E-state index in [1.807, 2.05) is 23.6 Å². The summed E-state index contributed by atoms with van der Waals surface area (Å²) >= 11 is 1.53. The van der Waals surface area contributed by atoms with Gasteiger partial charge in [0.05, 0.1) is 34.7 Å². The number of carbonyl (C=O) groups is 1. The first-order valence-electron chi connectivity index (χ1n) is 13.1. The lowest BCUT2D eigenvalue weighted by Crippen LogP contribution is -2.34. The van der Waals surface area contributed by atoms with Gasteiger partial charge in [-0.25, -0.2) is 18.1 Å². The van der Waals surface area contributed by atoms with Gasteiger partial charge in [-0.2, -0.15) is 0 Å². The molecule has 5 rings (SSSR count). The Kier molecular flexibility index (Phi) is 8.93. The minimum absolute atomic E-state index is 0.177. The van der Waals surface area contributed by atoms with Crippen LogP contribution in [0.1, 0.15) is 31.9 Å². The maximum atomic E-state index is 14.2. The molecular weight excluding hydrogens is 567 g/mol. The summed E-state index contributed by atoms with van der Waals surface area (Å²) in [7, 11) is -1.05. The van der Waals surface area contributed by atoms with E-state index in [-0.39, 0.29) is 19.8 Å². The van der Waals surface area contributed by atoms with Gasteiger partial charge in [0, 0.05) is 35.7 Å². The summed E-state index contributed by atoms with van der Waals surface area (Å²) in [4.78, 5) is 11.7. The number of benzene rings is 2. The van der Waals surface area contributed by atoms with Gasteiger partial charge >= 0.3 is 6.09 Å². The zero-order valence-corrected chi connectivity index (χ0v) is 24.6. The van der Waals surface area contributed by atoms with Gasteiger partial charge in [0.15, 0.2) is 0 Å². The fraction of sp³-hybridized carbons (Fsp3) is 0.345. The van der Waals surface area contributed by atoms with Gasteiger partial charge in [-0.05, 0) is 61.5 Å². The normalized spacial score (nSPS) is 15.0. The van der Waals surface area contributed by atoms with Crippen LogP contribution in [0.5, 0.6) is 5.75 Å². The lowest BCUT2D eigenvalue weighted by molar-refractivity contribution is 0.0489. The Morgan fingerprint density at radius 1 is 1.07 bits per heavy atom. The average molecular weight is 599 g/mol. The Labute approximate surface area is 244 Å². The summed E-state index contributed by atoms with van der Waals surface area (Å²) in [6.45, 7) is 6.91. The van der Waals surface area contributed by atoms with E-state index < -0.39 is 28.5 Å². The van der Waals surface area contributed by atoms with Gasteiger partial charge in [0.2, 0.25) is 0 Å². The fourth-order valence-corrected chi connectivity index (χ4v) is 6.24. The molecular formula is C29H31FN4O5S2. The van der Waals surface area contributed by atoms with E-state index >= 15 is 0 Å². The van der Waals surface area contributed by atoms with Crippen LogP contribution in [0.2, 0.25) is 0 Å². The number of amides is 1. The number of rotatable bonds is 9. The second-order valence-corrected chi connectivity index (χ2v) is 12.6. The van der Waals surface area contributed by atoms with Crippen molar-refractivity contribution in [2.24, 2.45) is 0 Å². The summed E-state index contributed by atoms with van der Waals surface area (Å²) in [6.07, 6.45) is -0.505. The van der Waals surface area contributed by atoms with Gasteiger partial charge in [-0.3, -0.25) is 0 Å². The Bertz CT molecular complexity index is 1590. The molecule has 216 valence electrons. The molecule has 12 heteroatoms. The highest BCUT2D eigenvalue weighted by atomic mass is 32.2. The first-order chi connectivity index (χ1) is 19.7. The number of nitrogens with zero attached hydrogens (tertiary/aromatic N) is 2. The third-order valence-corrected chi connectivity index (χ3v) is 8.13. The zero-order chi connectivity index (χ0) is 29.0. The van der Waals surface area contributed by atoms with Gasteiger partial charge in [-0.15, -0.1) is 21.5 Å². The number of ether oxygens (including phenoxy) is 3. The first kappa shape index (κ1) is 29.1. The molecule has 1 unspecified atom stereocenters. The largest absolute Gasteiger partial charge is 0.490 e. The van der Waals surface area contributed by atoms with E-state index in [9.17, 15) is 13.4 Å². The van der Waals surface area contributed by atoms with Gasteiger partial charge in [0.25, 0.3) is 0 Å². The number of fused-ring (bicyclic) bond motifs is 2. The number of carbonyl (C=O) groups excluding carboxylic acids is 1. The predicted molar refractivity (Wildman–Crippen MR) is 157 cm³/mol. The maximum Gasteiger partial charge on any atom is 0.407 e. The van der Waals surface area contributed by atoms with E-state index in [1.165, 1.54) is 23.5 Å². The molecule has 1 amide bonds.